The van der Waals surface area contributed by atoms with Crippen molar-refractivity contribution in [2.75, 3.05) is 19.6 Å². The average molecular weight is 585 g/mol. The SMILES string of the molecule is CC(C)C1OC(=O)C(C)N(O)C(=O)C2CCCNN2C(=O)CNC(=O)C(C)N(O)C(=O)C2CCCNN2C(=O)C1N. The number of ether oxygens (including phenoxy) is 1. The summed E-state index contributed by atoms with van der Waals surface area (Å²) in [6.07, 6.45) is -0.00993. The van der Waals surface area contributed by atoms with Crippen LogP contribution in [0.15, 0.2) is 0 Å². The lowest BCUT2D eigenvalue weighted by molar-refractivity contribution is -0.197. The highest BCUT2D eigenvalue weighted by Crippen LogP contribution is 2.21. The zero-order valence-electron chi connectivity index (χ0n) is 23.6. The van der Waals surface area contributed by atoms with E-state index in [0.717, 1.165) is 10.0 Å². The van der Waals surface area contributed by atoms with Crippen LogP contribution in [-0.4, -0.2) is 122 Å². The van der Waals surface area contributed by atoms with Crippen LogP contribution in [0.2, 0.25) is 0 Å². The van der Waals surface area contributed by atoms with E-state index in [1.807, 2.05) is 0 Å². The number of nitrogens with two attached hydrogens (primary N) is 1. The first-order valence-electron chi connectivity index (χ1n) is 13.7. The van der Waals surface area contributed by atoms with Crippen LogP contribution in [0.3, 0.4) is 0 Å². The van der Waals surface area contributed by atoms with E-state index in [1.54, 1.807) is 13.8 Å². The molecule has 6 unspecified atom stereocenters. The normalized spacial score (nSPS) is 32.1. The minimum atomic E-state index is -1.53. The highest BCUT2D eigenvalue weighted by Gasteiger charge is 2.44. The number of amides is 5. The van der Waals surface area contributed by atoms with Gasteiger partial charge in [0.2, 0.25) is 5.91 Å². The molecule has 0 radical (unpaired) electrons. The van der Waals surface area contributed by atoms with E-state index in [9.17, 15) is 39.2 Å². The average Bonchev–Trinajstić information content (AvgIpc) is 2.98. The molecule has 7 N–H and O–H groups in total. The van der Waals surface area contributed by atoms with Gasteiger partial charge in [-0.3, -0.25) is 44.4 Å². The summed E-state index contributed by atoms with van der Waals surface area (Å²) < 4.78 is 5.52. The number of fused-ring (bicyclic) bond motifs is 2. The third kappa shape index (κ3) is 6.92. The van der Waals surface area contributed by atoms with E-state index in [4.69, 9.17) is 10.5 Å². The summed E-state index contributed by atoms with van der Waals surface area (Å²) in [6.45, 7) is 5.77. The van der Waals surface area contributed by atoms with E-state index in [-0.39, 0.29) is 23.0 Å². The molecule has 3 saturated heterocycles. The van der Waals surface area contributed by atoms with Crippen LogP contribution in [0.4, 0.5) is 0 Å². The molecule has 17 heteroatoms. The summed E-state index contributed by atoms with van der Waals surface area (Å²) in [5.41, 5.74) is 11.8. The number of rotatable bonds is 1. The molecule has 3 heterocycles. The fourth-order valence-electron chi connectivity index (χ4n) is 4.88. The first kappa shape index (κ1) is 32.1. The number of carbonyl (C=O) groups excluding carboxylic acids is 6. The molecule has 17 nitrogen and oxygen atoms in total. The largest absolute Gasteiger partial charge is 0.458 e. The van der Waals surface area contributed by atoms with Gasteiger partial charge in [0.05, 0.1) is 6.54 Å². The maximum Gasteiger partial charge on any atom is 0.331 e. The summed E-state index contributed by atoms with van der Waals surface area (Å²) in [5, 5.41) is 25.9. The van der Waals surface area contributed by atoms with Gasteiger partial charge >= 0.3 is 5.97 Å². The van der Waals surface area contributed by atoms with Crippen LogP contribution >= 0.6 is 0 Å². The van der Waals surface area contributed by atoms with Crippen LogP contribution < -0.4 is 21.9 Å². The van der Waals surface area contributed by atoms with Crippen LogP contribution in [0.1, 0.15) is 53.4 Å². The first-order valence-corrected chi connectivity index (χ1v) is 13.7. The summed E-state index contributed by atoms with van der Waals surface area (Å²) in [6, 6.07) is -6.90. The molecule has 3 aliphatic rings. The standard InChI is InChI=1S/C24H40N8O9/c1-12(2)19-18(25)23(37)30-16(8-6-10-28-30)22(36)31(39)13(3)20(34)26-11-17(33)29-15(7-5-9-27-29)21(35)32(40)14(4)24(38)41-19/h12-16,18-19,27-28,39-40H,5-11,25H2,1-4H3,(H,26,34). The van der Waals surface area contributed by atoms with Crippen molar-refractivity contribution in [3.8, 4) is 0 Å². The number of hydrogen-bond acceptors (Lipinski definition) is 12. The van der Waals surface area contributed by atoms with Gasteiger partial charge in [-0.15, -0.1) is 0 Å². The Morgan fingerprint density at radius 2 is 1.34 bits per heavy atom. The van der Waals surface area contributed by atoms with Crippen molar-refractivity contribution in [3.63, 3.8) is 0 Å². The summed E-state index contributed by atoms with van der Waals surface area (Å²) in [4.78, 5) is 78.7. The second-order valence-corrected chi connectivity index (χ2v) is 10.7. The monoisotopic (exact) mass is 584 g/mol. The molecule has 230 valence electrons. The second kappa shape index (κ2) is 13.5. The highest BCUT2D eigenvalue weighted by atomic mass is 16.6. The van der Waals surface area contributed by atoms with Crippen molar-refractivity contribution in [2.45, 2.75) is 89.7 Å². The fraction of sp³-hybridized carbons (Fsp3) is 0.750. The van der Waals surface area contributed by atoms with Crippen LogP contribution in [-0.2, 0) is 33.5 Å². The van der Waals surface area contributed by atoms with Gasteiger partial charge in [-0.05, 0) is 45.4 Å². The van der Waals surface area contributed by atoms with Gasteiger partial charge in [0.25, 0.3) is 23.6 Å². The number of esters is 1. The molecule has 41 heavy (non-hydrogen) atoms. The van der Waals surface area contributed by atoms with Gasteiger partial charge in [0.15, 0.2) is 6.04 Å². The molecule has 0 aromatic rings. The van der Waals surface area contributed by atoms with Crippen LogP contribution in [0, 0.1) is 5.92 Å². The maximum atomic E-state index is 13.5. The minimum Gasteiger partial charge on any atom is -0.458 e. The van der Waals surface area contributed by atoms with Gasteiger partial charge < -0.3 is 15.8 Å². The van der Waals surface area contributed by atoms with Crippen molar-refractivity contribution in [1.29, 1.82) is 0 Å². The molecule has 5 amide bonds. The Labute approximate surface area is 237 Å². The van der Waals surface area contributed by atoms with Gasteiger partial charge in [-0.1, -0.05) is 13.8 Å². The minimum absolute atomic E-state index is 0.140. The fourth-order valence-corrected chi connectivity index (χ4v) is 4.88. The Hall–Kier alpha value is -3.38. The van der Waals surface area contributed by atoms with Gasteiger partial charge in [-0.25, -0.2) is 25.8 Å². The molecule has 6 atom stereocenters. The van der Waals surface area contributed by atoms with Gasteiger partial charge in [-0.2, -0.15) is 0 Å². The molecule has 3 aliphatic heterocycles. The van der Waals surface area contributed by atoms with E-state index in [1.165, 1.54) is 13.8 Å². The second-order valence-electron chi connectivity index (χ2n) is 10.7. The van der Waals surface area contributed by atoms with E-state index < -0.39 is 84.3 Å². The number of nitrogens with zero attached hydrogens (tertiary/aromatic N) is 4. The molecule has 3 fully saturated rings. The summed E-state index contributed by atoms with van der Waals surface area (Å²) >= 11 is 0. The van der Waals surface area contributed by atoms with Crippen molar-refractivity contribution in [3.05, 3.63) is 0 Å². The third-order valence-corrected chi connectivity index (χ3v) is 7.44. The molecular formula is C24H40N8O9. The number of carbonyl (C=O) groups is 6. The first-order chi connectivity index (χ1) is 19.3. The predicted molar refractivity (Wildman–Crippen MR) is 138 cm³/mol. The van der Waals surface area contributed by atoms with Gasteiger partial charge in [0, 0.05) is 13.1 Å². The van der Waals surface area contributed by atoms with Crippen LogP contribution in [0.5, 0.6) is 0 Å². The van der Waals surface area contributed by atoms with Crippen molar-refractivity contribution >= 4 is 35.5 Å². The summed E-state index contributed by atoms with van der Waals surface area (Å²) in [7, 11) is 0. The Kier molecular flexibility index (Phi) is 10.6. The predicted octanol–water partition coefficient (Wildman–Crippen LogP) is -2.78. The molecule has 0 aromatic carbocycles. The zero-order valence-corrected chi connectivity index (χ0v) is 23.6. The third-order valence-electron chi connectivity index (χ3n) is 7.44. The Morgan fingerprint density at radius 1 is 0.829 bits per heavy atom. The zero-order chi connectivity index (χ0) is 30.6. The number of hydrogen-bond donors (Lipinski definition) is 6. The number of nitrogens with one attached hydrogen (secondary N) is 3. The number of cyclic esters (lactones) is 1. The Bertz CT molecular complexity index is 1040. The quantitative estimate of drug-likeness (QED) is 0.136. The maximum absolute atomic E-state index is 13.5. The lowest BCUT2D eigenvalue weighted by atomic mass is 9.97. The number of hydrazine groups is 2. The summed E-state index contributed by atoms with van der Waals surface area (Å²) in [5.74, 6) is -5.91. The lowest BCUT2D eigenvalue weighted by Crippen LogP contribution is -2.65. The van der Waals surface area contributed by atoms with Crippen molar-refractivity contribution < 1.29 is 43.9 Å². The van der Waals surface area contributed by atoms with E-state index in [2.05, 4.69) is 16.2 Å². The molecule has 0 aromatic heterocycles. The topological polar surface area (TPSA) is 227 Å². The van der Waals surface area contributed by atoms with Crippen molar-refractivity contribution in [2.24, 2.45) is 11.7 Å². The molecule has 0 saturated carbocycles. The van der Waals surface area contributed by atoms with Crippen molar-refractivity contribution in [1.82, 2.24) is 36.3 Å². The Balaban J connectivity index is 1.99. The van der Waals surface area contributed by atoms with E-state index in [0.29, 0.717) is 25.9 Å². The lowest BCUT2D eigenvalue weighted by Gasteiger charge is -2.39. The molecule has 0 aliphatic carbocycles. The van der Waals surface area contributed by atoms with Gasteiger partial charge in [0.1, 0.15) is 30.3 Å². The molecule has 0 spiro atoms. The smallest absolute Gasteiger partial charge is 0.331 e. The molecule has 3 rings (SSSR count). The highest BCUT2D eigenvalue weighted by molar-refractivity contribution is 5.95. The Morgan fingerprint density at radius 3 is 1.90 bits per heavy atom. The number of hydroxylamine groups is 4. The molecule has 0 bridgehead atoms. The molecular weight excluding hydrogens is 544 g/mol. The van der Waals surface area contributed by atoms with E-state index >= 15 is 0 Å². The van der Waals surface area contributed by atoms with Crippen LogP contribution in [0.25, 0.3) is 0 Å².